The second-order valence-electron chi connectivity index (χ2n) is 3.68. The van der Waals surface area contributed by atoms with Crippen LogP contribution in [0.25, 0.3) is 10.8 Å². The molecule has 1 heterocycles. The van der Waals surface area contributed by atoms with Gasteiger partial charge in [-0.2, -0.15) is 0 Å². The lowest BCUT2D eigenvalue weighted by Gasteiger charge is -2.24. The van der Waals surface area contributed by atoms with Gasteiger partial charge in [0.05, 0.1) is 11.4 Å². The molecule has 0 aromatic heterocycles. The van der Waals surface area contributed by atoms with Gasteiger partial charge in [-0.15, -0.1) is 0 Å². The molecule has 3 heteroatoms. The molecule has 0 saturated heterocycles. The van der Waals surface area contributed by atoms with Gasteiger partial charge >= 0.3 is 0 Å². The Balaban J connectivity index is 2.49. The fraction of sp³-hybridized carbons (Fsp3) is 0.0833. The topological polar surface area (TPSA) is 41.6 Å². The summed E-state index contributed by atoms with van der Waals surface area (Å²) >= 11 is 0. The number of anilines is 1. The van der Waals surface area contributed by atoms with E-state index in [0.717, 1.165) is 11.4 Å². The maximum atomic E-state index is 5.84. The average molecular weight is 197 g/mol. The highest BCUT2D eigenvalue weighted by Gasteiger charge is 2.16. The molecule has 0 unspecified atom stereocenters. The van der Waals surface area contributed by atoms with Crippen LogP contribution in [0.4, 0.5) is 11.4 Å². The summed E-state index contributed by atoms with van der Waals surface area (Å²) in [6.07, 6.45) is 0. The standard InChI is InChI=1S/C12H11N3/c1-15-10-7-3-5-8-4-2-6-9(11(8)10)14-12(15)13/h2-7H,1H3,(H2,13,14). The molecular weight excluding hydrogens is 186 g/mol. The highest BCUT2D eigenvalue weighted by Crippen LogP contribution is 2.36. The van der Waals surface area contributed by atoms with Crippen molar-refractivity contribution in [1.82, 2.24) is 0 Å². The molecule has 74 valence electrons. The number of aliphatic imine (C=N–C) groups is 1. The average Bonchev–Trinajstić information content (AvgIpc) is 2.26. The highest BCUT2D eigenvalue weighted by atomic mass is 15.2. The fourth-order valence-electron chi connectivity index (χ4n) is 2.00. The number of hydrogen-bond donors (Lipinski definition) is 1. The van der Waals surface area contributed by atoms with Gasteiger partial charge in [-0.25, -0.2) is 4.99 Å². The number of nitrogens with zero attached hydrogens (tertiary/aromatic N) is 2. The quantitative estimate of drug-likeness (QED) is 0.703. The first-order chi connectivity index (χ1) is 7.27. The van der Waals surface area contributed by atoms with Crippen LogP contribution in [-0.4, -0.2) is 13.0 Å². The lowest BCUT2D eigenvalue weighted by molar-refractivity contribution is 1.21. The van der Waals surface area contributed by atoms with E-state index in [4.69, 9.17) is 5.73 Å². The van der Waals surface area contributed by atoms with Crippen molar-refractivity contribution >= 4 is 28.1 Å². The van der Waals surface area contributed by atoms with E-state index in [1.807, 2.05) is 30.1 Å². The predicted octanol–water partition coefficient (Wildman–Crippen LogP) is 2.24. The van der Waals surface area contributed by atoms with Crippen LogP contribution in [0, 0.1) is 0 Å². The molecule has 2 aromatic rings. The zero-order valence-corrected chi connectivity index (χ0v) is 8.44. The number of rotatable bonds is 0. The number of guanidine groups is 1. The summed E-state index contributed by atoms with van der Waals surface area (Å²) in [5.41, 5.74) is 7.92. The van der Waals surface area contributed by atoms with Crippen LogP contribution < -0.4 is 10.6 Å². The van der Waals surface area contributed by atoms with Crippen LogP contribution in [0.3, 0.4) is 0 Å². The number of benzene rings is 2. The van der Waals surface area contributed by atoms with Gasteiger partial charge in [0.25, 0.3) is 0 Å². The molecule has 1 aliphatic heterocycles. The first-order valence-electron chi connectivity index (χ1n) is 4.87. The molecule has 2 N–H and O–H groups in total. The molecule has 3 rings (SSSR count). The Kier molecular flexibility index (Phi) is 1.51. The van der Waals surface area contributed by atoms with E-state index in [-0.39, 0.29) is 0 Å². The number of hydrogen-bond acceptors (Lipinski definition) is 3. The van der Waals surface area contributed by atoms with Crippen molar-refractivity contribution in [1.29, 1.82) is 0 Å². The van der Waals surface area contributed by atoms with Crippen molar-refractivity contribution in [2.75, 3.05) is 11.9 Å². The van der Waals surface area contributed by atoms with Crippen molar-refractivity contribution in [2.45, 2.75) is 0 Å². The van der Waals surface area contributed by atoms with Gasteiger partial charge in [0, 0.05) is 12.4 Å². The third-order valence-electron chi connectivity index (χ3n) is 2.80. The summed E-state index contributed by atoms with van der Waals surface area (Å²) in [5.74, 6) is 0.543. The predicted molar refractivity (Wildman–Crippen MR) is 63.6 cm³/mol. The molecule has 0 radical (unpaired) electrons. The monoisotopic (exact) mass is 197 g/mol. The molecule has 0 atom stereocenters. The van der Waals surface area contributed by atoms with E-state index in [9.17, 15) is 0 Å². The van der Waals surface area contributed by atoms with E-state index >= 15 is 0 Å². The van der Waals surface area contributed by atoms with Gasteiger partial charge in [-0.1, -0.05) is 24.3 Å². The Hall–Kier alpha value is -2.03. The lowest BCUT2D eigenvalue weighted by Crippen LogP contribution is -2.35. The van der Waals surface area contributed by atoms with Crippen molar-refractivity contribution in [3.63, 3.8) is 0 Å². The van der Waals surface area contributed by atoms with Gasteiger partial charge in [0.2, 0.25) is 5.96 Å². The van der Waals surface area contributed by atoms with Gasteiger partial charge < -0.3 is 10.6 Å². The molecule has 0 fully saturated rings. The summed E-state index contributed by atoms with van der Waals surface area (Å²) in [6.45, 7) is 0. The van der Waals surface area contributed by atoms with E-state index in [2.05, 4.69) is 23.2 Å². The van der Waals surface area contributed by atoms with Crippen molar-refractivity contribution < 1.29 is 0 Å². The van der Waals surface area contributed by atoms with Crippen LogP contribution in [0.5, 0.6) is 0 Å². The summed E-state index contributed by atoms with van der Waals surface area (Å²) in [5, 5.41) is 2.38. The highest BCUT2D eigenvalue weighted by molar-refractivity contribution is 6.13. The van der Waals surface area contributed by atoms with E-state index in [1.165, 1.54) is 10.8 Å². The van der Waals surface area contributed by atoms with E-state index < -0.39 is 0 Å². The summed E-state index contributed by atoms with van der Waals surface area (Å²) < 4.78 is 0. The van der Waals surface area contributed by atoms with Crippen LogP contribution in [0.1, 0.15) is 0 Å². The molecule has 1 aliphatic rings. The Bertz CT molecular complexity index is 567. The molecular formula is C12H11N3. The molecule has 3 nitrogen and oxygen atoms in total. The van der Waals surface area contributed by atoms with Gasteiger partial charge in [-0.3, -0.25) is 0 Å². The van der Waals surface area contributed by atoms with Gasteiger partial charge in [-0.05, 0) is 17.5 Å². The molecule has 0 spiro atoms. The third-order valence-corrected chi connectivity index (χ3v) is 2.80. The third kappa shape index (κ3) is 1.03. The van der Waals surface area contributed by atoms with Crippen LogP contribution in [-0.2, 0) is 0 Å². The Labute approximate surface area is 87.8 Å². The molecule has 0 saturated carbocycles. The minimum Gasteiger partial charge on any atom is -0.369 e. The summed E-state index contributed by atoms with van der Waals surface area (Å²) in [7, 11) is 1.93. The zero-order valence-electron chi connectivity index (χ0n) is 8.44. The molecule has 2 aromatic carbocycles. The fourth-order valence-corrected chi connectivity index (χ4v) is 2.00. The van der Waals surface area contributed by atoms with Gasteiger partial charge in [0.1, 0.15) is 0 Å². The summed E-state index contributed by atoms with van der Waals surface area (Å²) in [4.78, 5) is 6.28. The van der Waals surface area contributed by atoms with E-state index in [1.54, 1.807) is 0 Å². The number of nitrogens with two attached hydrogens (primary N) is 1. The zero-order chi connectivity index (χ0) is 10.4. The lowest BCUT2D eigenvalue weighted by atomic mass is 10.1. The molecule has 0 amide bonds. The van der Waals surface area contributed by atoms with Crippen LogP contribution >= 0.6 is 0 Å². The minimum absolute atomic E-state index is 0.543. The largest absolute Gasteiger partial charge is 0.369 e. The maximum Gasteiger partial charge on any atom is 0.200 e. The smallest absolute Gasteiger partial charge is 0.200 e. The Morgan fingerprint density at radius 2 is 1.87 bits per heavy atom. The normalized spacial score (nSPS) is 14.2. The summed E-state index contributed by atoms with van der Waals surface area (Å²) in [6, 6.07) is 12.3. The van der Waals surface area contributed by atoms with Crippen molar-refractivity contribution in [2.24, 2.45) is 10.7 Å². The minimum atomic E-state index is 0.543. The maximum absolute atomic E-state index is 5.84. The van der Waals surface area contributed by atoms with Crippen LogP contribution in [0.15, 0.2) is 41.4 Å². The Morgan fingerprint density at radius 3 is 2.67 bits per heavy atom. The molecule has 15 heavy (non-hydrogen) atoms. The van der Waals surface area contributed by atoms with Crippen LogP contribution in [0.2, 0.25) is 0 Å². The second kappa shape index (κ2) is 2.73. The van der Waals surface area contributed by atoms with E-state index in [0.29, 0.717) is 5.96 Å². The van der Waals surface area contributed by atoms with Crippen molar-refractivity contribution in [3.8, 4) is 0 Å². The molecule has 0 bridgehead atoms. The molecule has 0 aliphatic carbocycles. The first kappa shape index (κ1) is 8.29. The second-order valence-corrected chi connectivity index (χ2v) is 3.68. The first-order valence-corrected chi connectivity index (χ1v) is 4.87. The van der Waals surface area contributed by atoms with Gasteiger partial charge in [0.15, 0.2) is 0 Å². The van der Waals surface area contributed by atoms with Crippen molar-refractivity contribution in [3.05, 3.63) is 36.4 Å². The Morgan fingerprint density at radius 1 is 1.13 bits per heavy atom. The SMILES string of the molecule is CN1C(N)=Nc2cccc3cccc1c23.